The molecule has 1 aromatic carbocycles. The quantitative estimate of drug-likeness (QED) is 0.826. The SMILES string of the molecule is Cc1ccc(C2CC(C#N)=C(SCC(=O)Nc3nccs3)NC2=O)cc1. The minimum Gasteiger partial charge on any atom is -0.319 e. The summed E-state index contributed by atoms with van der Waals surface area (Å²) in [6.07, 6.45) is 1.94. The van der Waals surface area contributed by atoms with Crippen LogP contribution in [0.4, 0.5) is 5.13 Å². The van der Waals surface area contributed by atoms with Crippen molar-refractivity contribution in [2.75, 3.05) is 11.1 Å². The number of thiazole rings is 1. The highest BCUT2D eigenvalue weighted by Gasteiger charge is 2.30. The molecule has 1 aliphatic rings. The number of aryl methyl sites for hydroxylation is 1. The van der Waals surface area contributed by atoms with E-state index in [4.69, 9.17) is 0 Å². The van der Waals surface area contributed by atoms with Crippen LogP contribution in [0.5, 0.6) is 0 Å². The predicted molar refractivity (Wildman–Crippen MR) is 103 cm³/mol. The molecule has 1 aromatic heterocycles. The molecule has 2 heterocycles. The van der Waals surface area contributed by atoms with Gasteiger partial charge in [-0.2, -0.15) is 5.26 Å². The summed E-state index contributed by atoms with van der Waals surface area (Å²) < 4.78 is 0. The van der Waals surface area contributed by atoms with Gasteiger partial charge >= 0.3 is 0 Å². The highest BCUT2D eigenvalue weighted by atomic mass is 32.2. The number of amides is 2. The summed E-state index contributed by atoms with van der Waals surface area (Å²) in [5.41, 5.74) is 2.48. The maximum absolute atomic E-state index is 12.5. The van der Waals surface area contributed by atoms with Crippen LogP contribution in [0.15, 0.2) is 46.4 Å². The number of nitriles is 1. The lowest BCUT2D eigenvalue weighted by Crippen LogP contribution is -2.33. The van der Waals surface area contributed by atoms with Gasteiger partial charge in [0.1, 0.15) is 0 Å². The molecule has 0 aliphatic carbocycles. The van der Waals surface area contributed by atoms with Crippen molar-refractivity contribution in [3.63, 3.8) is 0 Å². The van der Waals surface area contributed by atoms with E-state index in [1.807, 2.05) is 31.2 Å². The Hall–Kier alpha value is -2.63. The summed E-state index contributed by atoms with van der Waals surface area (Å²) in [5.74, 6) is -0.686. The van der Waals surface area contributed by atoms with Crippen molar-refractivity contribution < 1.29 is 9.59 Å². The zero-order chi connectivity index (χ0) is 18.5. The van der Waals surface area contributed by atoms with E-state index < -0.39 is 5.92 Å². The molecule has 3 rings (SSSR count). The first kappa shape index (κ1) is 18.2. The molecule has 0 saturated heterocycles. The maximum atomic E-state index is 12.5. The fourth-order valence-corrected chi connectivity index (χ4v) is 3.90. The molecule has 2 aromatic rings. The molecule has 0 radical (unpaired) electrons. The Morgan fingerprint density at radius 1 is 1.46 bits per heavy atom. The monoisotopic (exact) mass is 384 g/mol. The first-order valence-corrected chi connectivity index (χ1v) is 9.76. The van der Waals surface area contributed by atoms with Crippen molar-refractivity contribution in [1.82, 2.24) is 10.3 Å². The smallest absolute Gasteiger partial charge is 0.236 e. The summed E-state index contributed by atoms with van der Waals surface area (Å²) in [6.45, 7) is 1.98. The first-order chi connectivity index (χ1) is 12.6. The van der Waals surface area contributed by atoms with Crippen molar-refractivity contribution in [2.24, 2.45) is 0 Å². The molecule has 0 bridgehead atoms. The lowest BCUT2D eigenvalue weighted by Gasteiger charge is -2.24. The first-order valence-electron chi connectivity index (χ1n) is 7.89. The molecule has 1 aliphatic heterocycles. The van der Waals surface area contributed by atoms with E-state index in [2.05, 4.69) is 21.7 Å². The summed E-state index contributed by atoms with van der Waals surface area (Å²) in [5, 5.41) is 17.7. The van der Waals surface area contributed by atoms with Crippen LogP contribution >= 0.6 is 23.1 Å². The summed E-state index contributed by atoms with van der Waals surface area (Å²) in [7, 11) is 0. The number of nitrogens with one attached hydrogen (secondary N) is 2. The van der Waals surface area contributed by atoms with Crippen LogP contribution in [0.1, 0.15) is 23.5 Å². The standard InChI is InChI=1S/C18H16N4O2S2/c1-11-2-4-12(5-3-11)14-8-13(9-19)17(22-16(14)24)26-10-15(23)21-18-20-6-7-25-18/h2-7,14H,8,10H2,1H3,(H,22,24)(H,20,21,23). The zero-order valence-electron chi connectivity index (χ0n) is 14.0. The molecule has 26 heavy (non-hydrogen) atoms. The van der Waals surface area contributed by atoms with E-state index in [-0.39, 0.29) is 17.6 Å². The van der Waals surface area contributed by atoms with Gasteiger partial charge in [0.25, 0.3) is 0 Å². The van der Waals surface area contributed by atoms with Crippen molar-refractivity contribution in [3.8, 4) is 6.07 Å². The minimum absolute atomic E-state index is 0.0928. The fourth-order valence-electron chi connectivity index (χ4n) is 2.53. The Bertz CT molecular complexity index is 883. The molecule has 2 N–H and O–H groups in total. The summed E-state index contributed by atoms with van der Waals surface area (Å²) >= 11 is 2.48. The van der Waals surface area contributed by atoms with Crippen molar-refractivity contribution in [1.29, 1.82) is 5.26 Å². The van der Waals surface area contributed by atoms with Crippen LogP contribution in [-0.4, -0.2) is 22.6 Å². The molecule has 0 fully saturated rings. The number of hydrogen-bond donors (Lipinski definition) is 2. The highest BCUT2D eigenvalue weighted by Crippen LogP contribution is 2.33. The normalized spacial score (nSPS) is 16.8. The van der Waals surface area contributed by atoms with Crippen LogP contribution < -0.4 is 10.6 Å². The third kappa shape index (κ3) is 4.31. The van der Waals surface area contributed by atoms with E-state index in [9.17, 15) is 14.9 Å². The van der Waals surface area contributed by atoms with E-state index >= 15 is 0 Å². The number of carbonyl (C=O) groups excluding carboxylic acids is 2. The topological polar surface area (TPSA) is 94.9 Å². The predicted octanol–water partition coefficient (Wildman–Crippen LogP) is 3.16. The number of anilines is 1. The van der Waals surface area contributed by atoms with E-state index in [0.29, 0.717) is 22.2 Å². The average Bonchev–Trinajstić information content (AvgIpc) is 3.14. The van der Waals surface area contributed by atoms with Gasteiger partial charge < -0.3 is 10.6 Å². The molecule has 6 nitrogen and oxygen atoms in total. The van der Waals surface area contributed by atoms with Gasteiger partial charge in [-0.1, -0.05) is 41.6 Å². The molecule has 132 valence electrons. The molecule has 1 atom stereocenters. The van der Waals surface area contributed by atoms with Gasteiger partial charge in [-0.3, -0.25) is 9.59 Å². The zero-order valence-corrected chi connectivity index (χ0v) is 15.6. The number of benzene rings is 1. The van der Waals surface area contributed by atoms with Crippen LogP contribution in [0.25, 0.3) is 0 Å². The third-order valence-corrected chi connectivity index (χ3v) is 5.61. The average molecular weight is 384 g/mol. The van der Waals surface area contributed by atoms with Crippen LogP contribution in [-0.2, 0) is 9.59 Å². The van der Waals surface area contributed by atoms with E-state index in [1.54, 1.807) is 11.6 Å². The maximum Gasteiger partial charge on any atom is 0.236 e. The second-order valence-electron chi connectivity index (χ2n) is 5.75. The number of thioether (sulfide) groups is 1. The number of rotatable bonds is 5. The fraction of sp³-hybridized carbons (Fsp3) is 0.222. The van der Waals surface area contributed by atoms with Crippen molar-refractivity contribution in [2.45, 2.75) is 19.3 Å². The molecule has 0 saturated carbocycles. The third-order valence-electron chi connectivity index (χ3n) is 3.88. The lowest BCUT2D eigenvalue weighted by molar-refractivity contribution is -0.122. The Morgan fingerprint density at radius 2 is 2.23 bits per heavy atom. The molecular formula is C18H16N4O2S2. The summed E-state index contributed by atoms with van der Waals surface area (Å²) in [6, 6.07) is 9.88. The number of aromatic nitrogens is 1. The number of hydrogen-bond acceptors (Lipinski definition) is 6. The lowest BCUT2D eigenvalue weighted by atomic mass is 9.89. The molecule has 8 heteroatoms. The second-order valence-corrected chi connectivity index (χ2v) is 7.63. The van der Waals surface area contributed by atoms with Gasteiger partial charge in [0.05, 0.1) is 28.3 Å². The number of nitrogens with zero attached hydrogens (tertiary/aromatic N) is 2. The van der Waals surface area contributed by atoms with E-state index in [0.717, 1.165) is 22.9 Å². The van der Waals surface area contributed by atoms with E-state index in [1.165, 1.54) is 11.3 Å². The minimum atomic E-state index is -0.390. The molecule has 2 amide bonds. The van der Waals surface area contributed by atoms with Gasteiger partial charge in [0.15, 0.2) is 5.13 Å². The van der Waals surface area contributed by atoms with Gasteiger partial charge in [-0.25, -0.2) is 4.98 Å². The molecule has 0 spiro atoms. The van der Waals surface area contributed by atoms with Crippen LogP contribution in [0.2, 0.25) is 0 Å². The second kappa shape index (κ2) is 8.17. The van der Waals surface area contributed by atoms with Crippen molar-refractivity contribution in [3.05, 3.63) is 57.6 Å². The largest absolute Gasteiger partial charge is 0.319 e. The Kier molecular flexibility index (Phi) is 5.71. The highest BCUT2D eigenvalue weighted by molar-refractivity contribution is 8.03. The van der Waals surface area contributed by atoms with Gasteiger partial charge in [0.2, 0.25) is 11.8 Å². The molecule has 1 unspecified atom stereocenters. The number of carbonyl (C=O) groups is 2. The van der Waals surface area contributed by atoms with Crippen molar-refractivity contribution >= 4 is 40.0 Å². The van der Waals surface area contributed by atoms with Gasteiger partial charge in [-0.05, 0) is 12.5 Å². The Balaban J connectivity index is 1.67. The van der Waals surface area contributed by atoms with Gasteiger partial charge in [0, 0.05) is 18.0 Å². The Morgan fingerprint density at radius 3 is 2.88 bits per heavy atom. The number of allylic oxidation sites excluding steroid dienone is 1. The van der Waals surface area contributed by atoms with Gasteiger partial charge in [-0.15, -0.1) is 11.3 Å². The Labute approximate surface area is 159 Å². The summed E-state index contributed by atoms with van der Waals surface area (Å²) in [4.78, 5) is 28.4. The van der Waals surface area contributed by atoms with Crippen LogP contribution in [0.3, 0.4) is 0 Å². The van der Waals surface area contributed by atoms with Crippen LogP contribution in [0, 0.1) is 18.3 Å². The molecular weight excluding hydrogens is 368 g/mol.